The minimum atomic E-state index is -0.348. The van der Waals surface area contributed by atoms with Crippen LogP contribution in [-0.2, 0) is 11.8 Å². The van der Waals surface area contributed by atoms with Gasteiger partial charge >= 0.3 is 0 Å². The van der Waals surface area contributed by atoms with Crippen LogP contribution in [0.5, 0.6) is 5.75 Å². The Labute approximate surface area is 151 Å². The molecule has 3 rings (SSSR count). The second kappa shape index (κ2) is 8.03. The molecule has 0 saturated carbocycles. The fourth-order valence-corrected chi connectivity index (χ4v) is 2.95. The topological polar surface area (TPSA) is 54.8 Å². The van der Waals surface area contributed by atoms with Crippen LogP contribution in [0.25, 0.3) is 0 Å². The van der Waals surface area contributed by atoms with Crippen molar-refractivity contribution in [2.24, 2.45) is 7.05 Å². The van der Waals surface area contributed by atoms with Crippen LogP contribution in [0.15, 0.2) is 42.7 Å². The summed E-state index contributed by atoms with van der Waals surface area (Å²) < 4.78 is 20.1. The summed E-state index contributed by atoms with van der Waals surface area (Å²) in [6, 6.07) is 7.36. The van der Waals surface area contributed by atoms with Crippen LogP contribution in [0, 0.1) is 5.82 Å². The molecular weight excluding hydrogens is 337 g/mol. The average molecular weight is 359 g/mol. The molecule has 0 atom stereocenters. The van der Waals surface area contributed by atoms with Crippen LogP contribution < -0.4 is 4.74 Å². The SMILES string of the molecule is Cn1ccc(C(=O)N2CCCN(C(=O)COc3ccc(F)cc3)CC2)c1. The lowest BCUT2D eigenvalue weighted by atomic mass is 10.3. The van der Waals surface area contributed by atoms with Crippen molar-refractivity contribution in [2.75, 3.05) is 32.8 Å². The molecule has 1 aliphatic heterocycles. The molecule has 6 nitrogen and oxygen atoms in total. The number of ether oxygens (including phenoxy) is 1. The van der Waals surface area contributed by atoms with Gasteiger partial charge in [-0.3, -0.25) is 9.59 Å². The molecule has 0 unspecified atom stereocenters. The van der Waals surface area contributed by atoms with E-state index >= 15 is 0 Å². The van der Waals surface area contributed by atoms with E-state index in [0.29, 0.717) is 37.5 Å². The number of rotatable bonds is 4. The van der Waals surface area contributed by atoms with Crippen molar-refractivity contribution in [1.82, 2.24) is 14.4 Å². The van der Waals surface area contributed by atoms with Crippen LogP contribution in [-0.4, -0.2) is 59.0 Å². The zero-order valence-corrected chi connectivity index (χ0v) is 14.7. The van der Waals surface area contributed by atoms with Gasteiger partial charge in [0.1, 0.15) is 11.6 Å². The third-order valence-corrected chi connectivity index (χ3v) is 4.39. The highest BCUT2D eigenvalue weighted by Gasteiger charge is 2.23. The molecule has 1 aliphatic rings. The molecule has 1 aromatic carbocycles. The number of carbonyl (C=O) groups excluding carboxylic acids is 2. The first-order chi connectivity index (χ1) is 12.5. The number of nitrogens with zero attached hydrogens (tertiary/aromatic N) is 3. The van der Waals surface area contributed by atoms with Crippen LogP contribution >= 0.6 is 0 Å². The number of halogens is 1. The largest absolute Gasteiger partial charge is 0.484 e. The van der Waals surface area contributed by atoms with E-state index in [1.807, 2.05) is 17.8 Å². The Bertz CT molecular complexity index is 773. The van der Waals surface area contributed by atoms with Crippen molar-refractivity contribution >= 4 is 11.8 Å². The molecule has 2 amide bonds. The maximum atomic E-state index is 12.9. The van der Waals surface area contributed by atoms with E-state index < -0.39 is 0 Å². The second-order valence-electron chi connectivity index (χ2n) is 6.33. The van der Waals surface area contributed by atoms with E-state index in [9.17, 15) is 14.0 Å². The lowest BCUT2D eigenvalue weighted by molar-refractivity contribution is -0.133. The number of aryl methyl sites for hydroxylation is 1. The molecule has 0 bridgehead atoms. The summed E-state index contributed by atoms with van der Waals surface area (Å²) in [6.45, 7) is 2.08. The van der Waals surface area contributed by atoms with Gasteiger partial charge in [-0.15, -0.1) is 0 Å². The fourth-order valence-electron chi connectivity index (χ4n) is 2.95. The average Bonchev–Trinajstić information content (AvgIpc) is 2.92. The van der Waals surface area contributed by atoms with Gasteiger partial charge in [0.2, 0.25) is 0 Å². The van der Waals surface area contributed by atoms with Gasteiger partial charge in [-0.25, -0.2) is 4.39 Å². The Kier molecular flexibility index (Phi) is 5.55. The summed E-state index contributed by atoms with van der Waals surface area (Å²) in [7, 11) is 1.88. The van der Waals surface area contributed by atoms with Crippen molar-refractivity contribution in [2.45, 2.75) is 6.42 Å². The van der Waals surface area contributed by atoms with Gasteiger partial charge in [-0.2, -0.15) is 0 Å². The third kappa shape index (κ3) is 4.41. The molecule has 26 heavy (non-hydrogen) atoms. The molecule has 1 aromatic heterocycles. The molecule has 138 valence electrons. The molecule has 2 heterocycles. The molecule has 2 aromatic rings. The number of carbonyl (C=O) groups is 2. The van der Waals surface area contributed by atoms with Gasteiger partial charge < -0.3 is 19.1 Å². The first kappa shape index (κ1) is 18.0. The molecule has 0 spiro atoms. The summed E-state index contributed by atoms with van der Waals surface area (Å²) in [4.78, 5) is 28.4. The summed E-state index contributed by atoms with van der Waals surface area (Å²) in [5.41, 5.74) is 0.659. The maximum Gasteiger partial charge on any atom is 0.260 e. The molecule has 1 fully saturated rings. The monoisotopic (exact) mass is 359 g/mol. The Morgan fingerprint density at radius 1 is 1.04 bits per heavy atom. The van der Waals surface area contributed by atoms with E-state index in [0.717, 1.165) is 6.42 Å². The zero-order chi connectivity index (χ0) is 18.5. The van der Waals surface area contributed by atoms with Crippen LogP contribution in [0.3, 0.4) is 0 Å². The van der Waals surface area contributed by atoms with E-state index in [2.05, 4.69) is 0 Å². The van der Waals surface area contributed by atoms with Crippen molar-refractivity contribution in [3.8, 4) is 5.75 Å². The van der Waals surface area contributed by atoms with Gasteiger partial charge in [0, 0.05) is 45.6 Å². The first-order valence-corrected chi connectivity index (χ1v) is 8.60. The van der Waals surface area contributed by atoms with Gasteiger partial charge in [-0.1, -0.05) is 0 Å². The normalized spacial score (nSPS) is 14.8. The summed E-state index contributed by atoms with van der Waals surface area (Å²) in [6.07, 6.45) is 4.36. The number of amides is 2. The van der Waals surface area contributed by atoms with Gasteiger partial charge in [-0.05, 0) is 36.8 Å². The smallest absolute Gasteiger partial charge is 0.260 e. The number of hydrogen-bond acceptors (Lipinski definition) is 3. The van der Waals surface area contributed by atoms with E-state index in [-0.39, 0.29) is 24.2 Å². The van der Waals surface area contributed by atoms with Crippen LogP contribution in [0.1, 0.15) is 16.8 Å². The number of hydrogen-bond donors (Lipinski definition) is 0. The predicted molar refractivity (Wildman–Crippen MR) is 94.4 cm³/mol. The standard InChI is InChI=1S/C19H22FN3O3/c1-21-10-7-15(13-21)19(25)23-9-2-8-22(11-12-23)18(24)14-26-17-5-3-16(20)4-6-17/h3-7,10,13H,2,8-9,11-12,14H2,1H3. The summed E-state index contributed by atoms with van der Waals surface area (Å²) >= 11 is 0. The summed E-state index contributed by atoms with van der Waals surface area (Å²) in [5, 5.41) is 0. The van der Waals surface area contributed by atoms with Crippen molar-refractivity contribution in [1.29, 1.82) is 0 Å². The Hall–Kier alpha value is -2.83. The number of aromatic nitrogens is 1. The second-order valence-corrected chi connectivity index (χ2v) is 6.33. The summed E-state index contributed by atoms with van der Waals surface area (Å²) in [5.74, 6) is -0.0411. The van der Waals surface area contributed by atoms with Crippen LogP contribution in [0.2, 0.25) is 0 Å². The molecule has 0 radical (unpaired) electrons. The van der Waals surface area contributed by atoms with Crippen molar-refractivity contribution < 1.29 is 18.7 Å². The highest BCUT2D eigenvalue weighted by atomic mass is 19.1. The van der Waals surface area contributed by atoms with Gasteiger partial charge in [0.25, 0.3) is 11.8 Å². The quantitative estimate of drug-likeness (QED) is 0.838. The maximum absolute atomic E-state index is 12.9. The molecular formula is C19H22FN3O3. The Morgan fingerprint density at radius 3 is 2.42 bits per heavy atom. The predicted octanol–water partition coefficient (Wildman–Crippen LogP) is 1.92. The van der Waals surface area contributed by atoms with Crippen molar-refractivity contribution in [3.63, 3.8) is 0 Å². The third-order valence-electron chi connectivity index (χ3n) is 4.39. The molecule has 7 heteroatoms. The Morgan fingerprint density at radius 2 is 1.73 bits per heavy atom. The lowest BCUT2D eigenvalue weighted by Gasteiger charge is -2.22. The van der Waals surface area contributed by atoms with E-state index in [4.69, 9.17) is 4.74 Å². The molecule has 1 saturated heterocycles. The lowest BCUT2D eigenvalue weighted by Crippen LogP contribution is -2.39. The first-order valence-electron chi connectivity index (χ1n) is 8.60. The highest BCUT2D eigenvalue weighted by Crippen LogP contribution is 2.13. The Balaban J connectivity index is 1.52. The molecule has 0 N–H and O–H groups in total. The van der Waals surface area contributed by atoms with Crippen molar-refractivity contribution in [3.05, 3.63) is 54.1 Å². The van der Waals surface area contributed by atoms with Gasteiger partial charge in [0.05, 0.1) is 5.56 Å². The van der Waals surface area contributed by atoms with Crippen LogP contribution in [0.4, 0.5) is 4.39 Å². The number of benzene rings is 1. The van der Waals surface area contributed by atoms with Gasteiger partial charge in [0.15, 0.2) is 6.61 Å². The minimum Gasteiger partial charge on any atom is -0.484 e. The fraction of sp³-hybridized carbons (Fsp3) is 0.368. The van der Waals surface area contributed by atoms with E-state index in [1.165, 1.54) is 24.3 Å². The molecule has 0 aliphatic carbocycles. The minimum absolute atomic E-state index is 0.0116. The zero-order valence-electron chi connectivity index (χ0n) is 14.7. The highest BCUT2D eigenvalue weighted by molar-refractivity contribution is 5.94. The van der Waals surface area contributed by atoms with E-state index in [1.54, 1.807) is 22.1 Å².